The molecule has 0 fully saturated rings. The first-order chi connectivity index (χ1) is 6.31. The van der Waals surface area contributed by atoms with Gasteiger partial charge in [-0.25, -0.2) is 0 Å². The van der Waals surface area contributed by atoms with Gasteiger partial charge in [-0.2, -0.15) is 0 Å². The van der Waals surface area contributed by atoms with Crippen LogP contribution in [0.2, 0.25) is 0 Å². The third-order valence-electron chi connectivity index (χ3n) is 1.53. The molecule has 0 heterocycles. The second kappa shape index (κ2) is 9.46. The Labute approximate surface area is 83.7 Å². The van der Waals surface area contributed by atoms with E-state index in [9.17, 15) is 4.21 Å². The van der Waals surface area contributed by atoms with Crippen molar-refractivity contribution in [3.05, 3.63) is 37.5 Å². The molecular formula is C11H18OS. The van der Waals surface area contributed by atoms with Crippen molar-refractivity contribution in [2.45, 2.75) is 19.3 Å². The quantitative estimate of drug-likeness (QED) is 0.433. The summed E-state index contributed by atoms with van der Waals surface area (Å²) in [5, 5.41) is 0. The van der Waals surface area contributed by atoms with E-state index in [2.05, 4.69) is 19.2 Å². The lowest BCUT2D eigenvalue weighted by atomic mass is 10.2. The lowest BCUT2D eigenvalue weighted by Crippen LogP contribution is -1.96. The van der Waals surface area contributed by atoms with E-state index in [4.69, 9.17) is 0 Å². The van der Waals surface area contributed by atoms with Crippen LogP contribution in [0.25, 0.3) is 0 Å². The predicted molar refractivity (Wildman–Crippen MR) is 61.3 cm³/mol. The Bertz CT molecular complexity index is 194. The minimum absolute atomic E-state index is 0.594. The number of rotatable bonds is 8. The summed E-state index contributed by atoms with van der Waals surface area (Å²) in [6.07, 6.45) is 10.9. The number of unbranched alkanes of at least 4 members (excludes halogenated alkanes) is 2. The minimum atomic E-state index is -0.752. The van der Waals surface area contributed by atoms with Crippen molar-refractivity contribution in [3.63, 3.8) is 0 Å². The van der Waals surface area contributed by atoms with E-state index >= 15 is 0 Å². The summed E-state index contributed by atoms with van der Waals surface area (Å²) in [4.78, 5) is 0. The first-order valence-corrected chi connectivity index (χ1v) is 6.01. The smallest absolute Gasteiger partial charge is 0.0418 e. The molecule has 2 heteroatoms. The summed E-state index contributed by atoms with van der Waals surface area (Å²) in [5.74, 6) is 1.25. The Balaban J connectivity index is 3.34. The molecule has 0 radical (unpaired) electrons. The van der Waals surface area contributed by atoms with Crippen LogP contribution in [0.5, 0.6) is 0 Å². The SMILES string of the molecule is C=CCCCC=CCS(=O)CC=C. The van der Waals surface area contributed by atoms with Gasteiger partial charge in [0.25, 0.3) is 0 Å². The van der Waals surface area contributed by atoms with Crippen molar-refractivity contribution >= 4 is 10.8 Å². The molecule has 0 saturated heterocycles. The zero-order chi connectivity index (χ0) is 9.94. The lowest BCUT2D eigenvalue weighted by molar-refractivity contribution is 0.687. The first-order valence-electron chi connectivity index (χ1n) is 4.53. The molecule has 0 bridgehead atoms. The topological polar surface area (TPSA) is 17.1 Å². The van der Waals surface area contributed by atoms with Gasteiger partial charge < -0.3 is 0 Å². The van der Waals surface area contributed by atoms with Crippen LogP contribution in [0.1, 0.15) is 19.3 Å². The lowest BCUT2D eigenvalue weighted by Gasteiger charge is -1.92. The average molecular weight is 198 g/mol. The number of hydrogen-bond acceptors (Lipinski definition) is 1. The molecule has 0 aromatic carbocycles. The van der Waals surface area contributed by atoms with Gasteiger partial charge in [0, 0.05) is 22.3 Å². The molecule has 74 valence electrons. The fraction of sp³-hybridized carbons (Fsp3) is 0.455. The van der Waals surface area contributed by atoms with E-state index in [1.165, 1.54) is 0 Å². The Morgan fingerprint density at radius 3 is 2.38 bits per heavy atom. The van der Waals surface area contributed by atoms with E-state index in [-0.39, 0.29) is 0 Å². The van der Waals surface area contributed by atoms with E-state index in [0.717, 1.165) is 19.3 Å². The molecule has 1 nitrogen and oxygen atoms in total. The molecule has 0 saturated carbocycles. The zero-order valence-corrected chi connectivity index (χ0v) is 8.89. The monoisotopic (exact) mass is 198 g/mol. The molecule has 0 aliphatic rings. The molecule has 0 aliphatic carbocycles. The zero-order valence-electron chi connectivity index (χ0n) is 8.08. The van der Waals surface area contributed by atoms with Crippen molar-refractivity contribution in [1.29, 1.82) is 0 Å². The van der Waals surface area contributed by atoms with Gasteiger partial charge in [-0.1, -0.05) is 24.3 Å². The second-order valence-electron chi connectivity index (χ2n) is 2.75. The maximum Gasteiger partial charge on any atom is 0.0418 e. The van der Waals surface area contributed by atoms with Crippen LogP contribution in [-0.2, 0) is 10.8 Å². The van der Waals surface area contributed by atoms with E-state index in [1.54, 1.807) is 6.08 Å². The van der Waals surface area contributed by atoms with Gasteiger partial charge in [0.15, 0.2) is 0 Å². The maximum atomic E-state index is 11.1. The molecule has 13 heavy (non-hydrogen) atoms. The summed E-state index contributed by atoms with van der Waals surface area (Å²) in [6, 6.07) is 0. The maximum absolute atomic E-state index is 11.1. The highest BCUT2D eigenvalue weighted by atomic mass is 32.2. The van der Waals surface area contributed by atoms with Crippen LogP contribution >= 0.6 is 0 Å². The highest BCUT2D eigenvalue weighted by molar-refractivity contribution is 7.85. The summed E-state index contributed by atoms with van der Waals surface area (Å²) in [7, 11) is -0.752. The van der Waals surface area contributed by atoms with Crippen LogP contribution in [-0.4, -0.2) is 15.7 Å². The molecule has 0 aromatic heterocycles. The molecule has 0 amide bonds. The first kappa shape index (κ1) is 12.4. The molecule has 0 spiro atoms. The van der Waals surface area contributed by atoms with Gasteiger partial charge in [0.1, 0.15) is 0 Å². The predicted octanol–water partition coefficient (Wildman–Crippen LogP) is 2.83. The summed E-state index contributed by atoms with van der Waals surface area (Å²) >= 11 is 0. The van der Waals surface area contributed by atoms with Crippen molar-refractivity contribution in [3.8, 4) is 0 Å². The number of allylic oxidation sites excluding steroid dienone is 2. The number of hydrogen-bond donors (Lipinski definition) is 0. The van der Waals surface area contributed by atoms with Gasteiger partial charge in [-0.05, 0) is 19.3 Å². The third-order valence-corrected chi connectivity index (χ3v) is 2.70. The van der Waals surface area contributed by atoms with Gasteiger partial charge >= 0.3 is 0 Å². The van der Waals surface area contributed by atoms with E-state index in [0.29, 0.717) is 11.5 Å². The van der Waals surface area contributed by atoms with E-state index < -0.39 is 10.8 Å². The summed E-state index contributed by atoms with van der Waals surface area (Å²) < 4.78 is 11.1. The van der Waals surface area contributed by atoms with Crippen LogP contribution < -0.4 is 0 Å². The highest BCUT2D eigenvalue weighted by Gasteiger charge is 1.90. The van der Waals surface area contributed by atoms with Crippen molar-refractivity contribution < 1.29 is 4.21 Å². The van der Waals surface area contributed by atoms with Crippen molar-refractivity contribution in [1.82, 2.24) is 0 Å². The normalized spacial score (nSPS) is 12.9. The Kier molecular flexibility index (Phi) is 9.00. The van der Waals surface area contributed by atoms with Gasteiger partial charge in [0.2, 0.25) is 0 Å². The van der Waals surface area contributed by atoms with Gasteiger partial charge in [-0.15, -0.1) is 13.2 Å². The molecular weight excluding hydrogens is 180 g/mol. The Morgan fingerprint density at radius 1 is 1.00 bits per heavy atom. The molecule has 0 rings (SSSR count). The third kappa shape index (κ3) is 9.28. The van der Waals surface area contributed by atoms with Crippen molar-refractivity contribution in [2.24, 2.45) is 0 Å². The van der Waals surface area contributed by atoms with Crippen LogP contribution in [0, 0.1) is 0 Å². The van der Waals surface area contributed by atoms with Crippen LogP contribution in [0.15, 0.2) is 37.5 Å². The van der Waals surface area contributed by atoms with Crippen molar-refractivity contribution in [2.75, 3.05) is 11.5 Å². The average Bonchev–Trinajstić information content (AvgIpc) is 2.11. The summed E-state index contributed by atoms with van der Waals surface area (Å²) in [6.45, 7) is 7.19. The molecule has 1 unspecified atom stereocenters. The fourth-order valence-electron chi connectivity index (χ4n) is 0.873. The van der Waals surface area contributed by atoms with Gasteiger partial charge in [0.05, 0.1) is 0 Å². The van der Waals surface area contributed by atoms with Crippen LogP contribution in [0.3, 0.4) is 0 Å². The van der Waals surface area contributed by atoms with Gasteiger partial charge in [-0.3, -0.25) is 4.21 Å². The Hall–Kier alpha value is -0.630. The Morgan fingerprint density at radius 2 is 1.77 bits per heavy atom. The standard InChI is InChI=1S/C11H18OS/c1-3-5-6-7-8-9-11-13(12)10-4-2/h3-4,8-9H,1-2,5-7,10-11H2. The highest BCUT2D eigenvalue weighted by Crippen LogP contribution is 1.97. The molecule has 0 N–H and O–H groups in total. The molecule has 0 aromatic rings. The van der Waals surface area contributed by atoms with Crippen LogP contribution in [0.4, 0.5) is 0 Å². The van der Waals surface area contributed by atoms with E-state index in [1.807, 2.05) is 12.2 Å². The summed E-state index contributed by atoms with van der Waals surface area (Å²) in [5.41, 5.74) is 0. The minimum Gasteiger partial charge on any atom is -0.259 e. The largest absolute Gasteiger partial charge is 0.259 e. The molecule has 1 atom stereocenters. The molecule has 0 aliphatic heterocycles. The second-order valence-corrected chi connectivity index (χ2v) is 4.30. The fourth-order valence-corrected chi connectivity index (χ4v) is 1.62.